The smallest absolute Gasteiger partial charge is 0.150 e. The lowest BCUT2D eigenvalue weighted by Crippen LogP contribution is -2.14. The highest BCUT2D eigenvalue weighted by Gasteiger charge is 2.12. The van der Waals surface area contributed by atoms with E-state index in [0.717, 1.165) is 21.7 Å². The van der Waals surface area contributed by atoms with Crippen molar-refractivity contribution < 1.29 is 14.3 Å². The summed E-state index contributed by atoms with van der Waals surface area (Å²) >= 11 is 6.78. The van der Waals surface area contributed by atoms with Gasteiger partial charge in [-0.3, -0.25) is 4.79 Å². The summed E-state index contributed by atoms with van der Waals surface area (Å²) in [7, 11) is 1.66. The molecule has 0 spiro atoms. The minimum absolute atomic E-state index is 0.0460. The van der Waals surface area contributed by atoms with E-state index in [2.05, 4.69) is 31.9 Å². The van der Waals surface area contributed by atoms with Crippen LogP contribution in [0.2, 0.25) is 0 Å². The molecule has 0 aliphatic heterocycles. The monoisotopic (exact) mass is 364 g/mol. The average molecular weight is 366 g/mol. The van der Waals surface area contributed by atoms with E-state index in [1.54, 1.807) is 19.2 Å². The Morgan fingerprint density at radius 1 is 1.35 bits per heavy atom. The van der Waals surface area contributed by atoms with Gasteiger partial charge < -0.3 is 9.47 Å². The Balaban J connectivity index is 2.80. The number of carbonyl (C=O) groups excluding carboxylic acids is 1. The van der Waals surface area contributed by atoms with Crippen LogP contribution in [0, 0.1) is 0 Å². The molecule has 1 atom stereocenters. The summed E-state index contributed by atoms with van der Waals surface area (Å²) in [4.78, 5) is 10.7. The van der Waals surface area contributed by atoms with Gasteiger partial charge in [0.25, 0.3) is 0 Å². The Morgan fingerprint density at radius 3 is 2.41 bits per heavy atom. The van der Waals surface area contributed by atoms with Crippen molar-refractivity contribution in [3.05, 3.63) is 26.6 Å². The third-order valence-electron chi connectivity index (χ3n) is 2.20. The SMILES string of the molecule is COCCC(C)Oc1c(Br)cc(C=O)cc1Br. The first-order valence-electron chi connectivity index (χ1n) is 5.18. The minimum Gasteiger partial charge on any atom is -0.488 e. The zero-order chi connectivity index (χ0) is 12.8. The number of aldehydes is 1. The lowest BCUT2D eigenvalue weighted by molar-refractivity contribution is 0.112. The van der Waals surface area contributed by atoms with Gasteiger partial charge in [0.15, 0.2) is 0 Å². The molecule has 1 rings (SSSR count). The molecule has 0 N–H and O–H groups in total. The van der Waals surface area contributed by atoms with Crippen molar-refractivity contribution in [3.8, 4) is 5.75 Å². The number of benzene rings is 1. The Bertz CT molecular complexity index is 370. The van der Waals surface area contributed by atoms with E-state index in [1.165, 1.54) is 0 Å². The van der Waals surface area contributed by atoms with Crippen molar-refractivity contribution >= 4 is 38.1 Å². The van der Waals surface area contributed by atoms with Crippen molar-refractivity contribution in [2.75, 3.05) is 13.7 Å². The molecule has 0 aliphatic rings. The van der Waals surface area contributed by atoms with Gasteiger partial charge in [0.05, 0.1) is 15.0 Å². The van der Waals surface area contributed by atoms with E-state index < -0.39 is 0 Å². The van der Waals surface area contributed by atoms with E-state index in [0.29, 0.717) is 17.9 Å². The number of rotatable bonds is 6. The third-order valence-corrected chi connectivity index (χ3v) is 3.38. The molecule has 0 amide bonds. The normalized spacial score (nSPS) is 12.2. The van der Waals surface area contributed by atoms with Crippen LogP contribution in [0.25, 0.3) is 0 Å². The molecule has 0 fully saturated rings. The molecular formula is C12H14Br2O3. The van der Waals surface area contributed by atoms with Gasteiger partial charge in [-0.1, -0.05) is 0 Å². The molecule has 0 saturated heterocycles. The number of methoxy groups -OCH3 is 1. The van der Waals surface area contributed by atoms with Gasteiger partial charge in [-0.2, -0.15) is 0 Å². The number of hydrogen-bond acceptors (Lipinski definition) is 3. The summed E-state index contributed by atoms with van der Waals surface area (Å²) in [5.41, 5.74) is 0.598. The fourth-order valence-electron chi connectivity index (χ4n) is 1.30. The zero-order valence-corrected chi connectivity index (χ0v) is 12.9. The predicted molar refractivity (Wildman–Crippen MR) is 73.8 cm³/mol. The summed E-state index contributed by atoms with van der Waals surface area (Å²) < 4.78 is 12.3. The molecule has 94 valence electrons. The molecule has 0 aromatic heterocycles. The van der Waals surface area contributed by atoms with Gasteiger partial charge in [-0.15, -0.1) is 0 Å². The maximum absolute atomic E-state index is 10.7. The zero-order valence-electron chi connectivity index (χ0n) is 9.70. The molecule has 1 aromatic carbocycles. The molecule has 5 heteroatoms. The number of ether oxygens (including phenoxy) is 2. The molecule has 0 aliphatic carbocycles. The van der Waals surface area contributed by atoms with Crippen LogP contribution < -0.4 is 4.74 Å². The lowest BCUT2D eigenvalue weighted by atomic mass is 10.2. The second-order valence-electron chi connectivity index (χ2n) is 3.64. The van der Waals surface area contributed by atoms with Crippen molar-refractivity contribution in [3.63, 3.8) is 0 Å². The van der Waals surface area contributed by atoms with E-state index in [4.69, 9.17) is 9.47 Å². The Morgan fingerprint density at radius 2 is 1.94 bits per heavy atom. The van der Waals surface area contributed by atoms with Crippen LogP contribution in [-0.4, -0.2) is 26.1 Å². The van der Waals surface area contributed by atoms with Gasteiger partial charge in [0.2, 0.25) is 0 Å². The molecule has 1 unspecified atom stereocenters. The van der Waals surface area contributed by atoms with Crippen LogP contribution in [0.5, 0.6) is 5.75 Å². The van der Waals surface area contributed by atoms with Crippen LogP contribution in [0.4, 0.5) is 0 Å². The average Bonchev–Trinajstić information content (AvgIpc) is 2.30. The highest BCUT2D eigenvalue weighted by Crippen LogP contribution is 2.35. The van der Waals surface area contributed by atoms with Crippen molar-refractivity contribution in [1.29, 1.82) is 0 Å². The first-order chi connectivity index (χ1) is 8.08. The molecule has 0 bridgehead atoms. The summed E-state index contributed by atoms with van der Waals surface area (Å²) in [6.45, 7) is 2.63. The highest BCUT2D eigenvalue weighted by molar-refractivity contribution is 9.11. The van der Waals surface area contributed by atoms with Crippen LogP contribution in [0.15, 0.2) is 21.1 Å². The predicted octanol–water partition coefficient (Wildman–Crippen LogP) is 3.83. The first kappa shape index (κ1) is 14.7. The molecule has 0 saturated carbocycles. The quantitative estimate of drug-likeness (QED) is 0.718. The largest absolute Gasteiger partial charge is 0.488 e. The standard InChI is InChI=1S/C12H14Br2O3/c1-8(3-4-16-2)17-12-10(13)5-9(7-15)6-11(12)14/h5-8H,3-4H2,1-2H3. The summed E-state index contributed by atoms with van der Waals surface area (Å²) in [5, 5.41) is 0. The van der Waals surface area contributed by atoms with Crippen LogP contribution in [0.1, 0.15) is 23.7 Å². The molecule has 17 heavy (non-hydrogen) atoms. The second-order valence-corrected chi connectivity index (χ2v) is 5.35. The van der Waals surface area contributed by atoms with Crippen LogP contribution >= 0.6 is 31.9 Å². The minimum atomic E-state index is 0.0460. The van der Waals surface area contributed by atoms with E-state index in [-0.39, 0.29) is 6.10 Å². The highest BCUT2D eigenvalue weighted by atomic mass is 79.9. The van der Waals surface area contributed by atoms with Gasteiger partial charge >= 0.3 is 0 Å². The van der Waals surface area contributed by atoms with E-state index >= 15 is 0 Å². The maximum Gasteiger partial charge on any atom is 0.150 e. The summed E-state index contributed by atoms with van der Waals surface area (Å²) in [6.07, 6.45) is 1.66. The van der Waals surface area contributed by atoms with Gasteiger partial charge in [0.1, 0.15) is 12.0 Å². The fourth-order valence-corrected chi connectivity index (χ4v) is 2.71. The van der Waals surface area contributed by atoms with Gasteiger partial charge in [-0.05, 0) is 50.9 Å². The Hall–Kier alpha value is -0.390. The fraction of sp³-hybridized carbons (Fsp3) is 0.417. The summed E-state index contributed by atoms with van der Waals surface area (Å²) in [5.74, 6) is 0.708. The van der Waals surface area contributed by atoms with Crippen LogP contribution in [0.3, 0.4) is 0 Å². The molecule has 0 heterocycles. The topological polar surface area (TPSA) is 35.5 Å². The molecular weight excluding hydrogens is 352 g/mol. The second kappa shape index (κ2) is 7.13. The van der Waals surface area contributed by atoms with E-state index in [1.807, 2.05) is 6.92 Å². The van der Waals surface area contributed by atoms with Gasteiger partial charge in [0, 0.05) is 25.7 Å². The Kier molecular flexibility index (Phi) is 6.16. The molecule has 1 aromatic rings. The first-order valence-corrected chi connectivity index (χ1v) is 6.77. The number of halogens is 2. The number of hydrogen-bond donors (Lipinski definition) is 0. The molecule has 3 nitrogen and oxygen atoms in total. The number of carbonyl (C=O) groups is 1. The Labute approximate surface area is 118 Å². The van der Waals surface area contributed by atoms with Gasteiger partial charge in [-0.25, -0.2) is 0 Å². The van der Waals surface area contributed by atoms with E-state index in [9.17, 15) is 4.79 Å². The lowest BCUT2D eigenvalue weighted by Gasteiger charge is -2.17. The maximum atomic E-state index is 10.7. The summed E-state index contributed by atoms with van der Waals surface area (Å²) in [6, 6.07) is 3.46. The molecule has 0 radical (unpaired) electrons. The van der Waals surface area contributed by atoms with Crippen LogP contribution in [-0.2, 0) is 4.74 Å². The van der Waals surface area contributed by atoms with Crippen molar-refractivity contribution in [1.82, 2.24) is 0 Å². The third kappa shape index (κ3) is 4.41. The van der Waals surface area contributed by atoms with Crippen molar-refractivity contribution in [2.24, 2.45) is 0 Å². The van der Waals surface area contributed by atoms with Crippen molar-refractivity contribution in [2.45, 2.75) is 19.4 Å².